The fourth-order valence-electron chi connectivity index (χ4n) is 1.70. The maximum absolute atomic E-state index is 5.96. The summed E-state index contributed by atoms with van der Waals surface area (Å²) in [5, 5.41) is 0.616. The van der Waals surface area contributed by atoms with Gasteiger partial charge in [-0.25, -0.2) is 4.98 Å². The Morgan fingerprint density at radius 3 is 2.84 bits per heavy atom. The second-order valence-corrected chi connectivity index (χ2v) is 4.35. The highest BCUT2D eigenvalue weighted by atomic mass is 35.5. The lowest BCUT2D eigenvalue weighted by Gasteiger charge is -2.12. The Morgan fingerprint density at radius 1 is 1.26 bits per heavy atom. The van der Waals surface area contributed by atoms with Gasteiger partial charge < -0.3 is 15.2 Å². The number of ether oxygens (including phenoxy) is 2. The first-order chi connectivity index (χ1) is 9.24. The van der Waals surface area contributed by atoms with E-state index in [4.69, 9.17) is 26.8 Å². The summed E-state index contributed by atoms with van der Waals surface area (Å²) >= 11 is 5.96. The summed E-state index contributed by atoms with van der Waals surface area (Å²) in [5.41, 5.74) is 7.44. The summed E-state index contributed by atoms with van der Waals surface area (Å²) in [7, 11) is 1.58. The Hall–Kier alpha value is -1.78. The molecule has 0 saturated heterocycles. The van der Waals surface area contributed by atoms with Crippen LogP contribution in [-0.4, -0.2) is 12.1 Å². The second kappa shape index (κ2) is 6.41. The zero-order chi connectivity index (χ0) is 13.7. The fraction of sp³-hybridized carbons (Fsp3) is 0.214. The highest BCUT2D eigenvalue weighted by molar-refractivity contribution is 6.30. The van der Waals surface area contributed by atoms with Crippen LogP contribution in [0.2, 0.25) is 5.02 Å². The third-order valence-electron chi connectivity index (χ3n) is 2.68. The van der Waals surface area contributed by atoms with Crippen molar-refractivity contribution in [1.29, 1.82) is 0 Å². The Bertz CT molecular complexity index is 561. The molecule has 0 aliphatic carbocycles. The van der Waals surface area contributed by atoms with E-state index >= 15 is 0 Å². The smallest absolute Gasteiger partial charge is 0.219 e. The van der Waals surface area contributed by atoms with Gasteiger partial charge in [-0.1, -0.05) is 17.7 Å². The fourth-order valence-corrected chi connectivity index (χ4v) is 1.87. The van der Waals surface area contributed by atoms with E-state index in [1.165, 1.54) is 0 Å². The summed E-state index contributed by atoms with van der Waals surface area (Å²) in [6.45, 7) is 0.751. The van der Waals surface area contributed by atoms with Gasteiger partial charge in [-0.05, 0) is 24.3 Å². The van der Waals surface area contributed by atoms with Crippen molar-refractivity contribution in [3.8, 4) is 11.6 Å². The molecule has 1 heterocycles. The monoisotopic (exact) mass is 278 g/mol. The maximum Gasteiger partial charge on any atom is 0.219 e. The minimum absolute atomic E-state index is 0.352. The standard InChI is InChI=1S/C14H15ClN2O2/c1-18-14-11(3-2-6-17-14)9-19-13-7-12(15)5-4-10(13)8-16/h2-7H,8-9,16H2,1H3. The normalized spacial score (nSPS) is 10.3. The Morgan fingerprint density at radius 2 is 2.11 bits per heavy atom. The van der Waals surface area contributed by atoms with Crippen LogP contribution >= 0.6 is 11.6 Å². The SMILES string of the molecule is COc1ncccc1COc1cc(Cl)ccc1CN. The average Bonchev–Trinajstić information content (AvgIpc) is 2.45. The molecule has 0 unspecified atom stereocenters. The summed E-state index contributed by atoms with van der Waals surface area (Å²) in [4.78, 5) is 4.12. The van der Waals surface area contributed by atoms with Gasteiger partial charge in [-0.2, -0.15) is 0 Å². The van der Waals surface area contributed by atoms with Gasteiger partial charge in [-0.15, -0.1) is 0 Å². The van der Waals surface area contributed by atoms with Gasteiger partial charge in [0.05, 0.1) is 12.7 Å². The molecule has 0 radical (unpaired) electrons. The van der Waals surface area contributed by atoms with E-state index in [1.54, 1.807) is 25.4 Å². The van der Waals surface area contributed by atoms with E-state index in [2.05, 4.69) is 4.98 Å². The van der Waals surface area contributed by atoms with Crippen LogP contribution in [-0.2, 0) is 13.2 Å². The number of nitrogens with zero attached hydrogens (tertiary/aromatic N) is 1. The molecule has 1 aromatic heterocycles. The van der Waals surface area contributed by atoms with Crippen LogP contribution in [0.15, 0.2) is 36.5 Å². The molecule has 5 heteroatoms. The number of benzene rings is 1. The van der Waals surface area contributed by atoms with Gasteiger partial charge in [0.2, 0.25) is 5.88 Å². The van der Waals surface area contributed by atoms with Crippen LogP contribution in [0.5, 0.6) is 11.6 Å². The minimum Gasteiger partial charge on any atom is -0.488 e. The lowest BCUT2D eigenvalue weighted by atomic mass is 10.2. The molecule has 2 N–H and O–H groups in total. The van der Waals surface area contributed by atoms with Crippen molar-refractivity contribution < 1.29 is 9.47 Å². The number of rotatable bonds is 5. The average molecular weight is 279 g/mol. The predicted molar refractivity (Wildman–Crippen MR) is 74.5 cm³/mol. The van der Waals surface area contributed by atoms with Gasteiger partial charge in [0.25, 0.3) is 0 Å². The molecule has 100 valence electrons. The molecule has 19 heavy (non-hydrogen) atoms. The van der Waals surface area contributed by atoms with E-state index in [-0.39, 0.29) is 0 Å². The van der Waals surface area contributed by atoms with Crippen molar-refractivity contribution in [3.05, 3.63) is 52.7 Å². The van der Waals surface area contributed by atoms with Crippen molar-refractivity contribution in [2.45, 2.75) is 13.2 Å². The molecule has 0 amide bonds. The first-order valence-corrected chi connectivity index (χ1v) is 6.21. The zero-order valence-electron chi connectivity index (χ0n) is 10.6. The summed E-state index contributed by atoms with van der Waals surface area (Å²) in [6.07, 6.45) is 1.67. The number of halogens is 1. The molecule has 0 saturated carbocycles. The minimum atomic E-state index is 0.352. The van der Waals surface area contributed by atoms with Crippen molar-refractivity contribution in [1.82, 2.24) is 4.98 Å². The van der Waals surface area contributed by atoms with Crippen LogP contribution < -0.4 is 15.2 Å². The van der Waals surface area contributed by atoms with Crippen LogP contribution in [0, 0.1) is 0 Å². The predicted octanol–water partition coefficient (Wildman–Crippen LogP) is 2.78. The van der Waals surface area contributed by atoms with E-state index in [0.29, 0.717) is 29.8 Å². The van der Waals surface area contributed by atoms with Crippen LogP contribution in [0.3, 0.4) is 0 Å². The van der Waals surface area contributed by atoms with E-state index in [0.717, 1.165) is 11.1 Å². The number of pyridine rings is 1. The van der Waals surface area contributed by atoms with Crippen molar-refractivity contribution >= 4 is 11.6 Å². The quantitative estimate of drug-likeness (QED) is 0.914. The van der Waals surface area contributed by atoms with Gasteiger partial charge >= 0.3 is 0 Å². The first-order valence-electron chi connectivity index (χ1n) is 5.83. The van der Waals surface area contributed by atoms with Gasteiger partial charge in [0.1, 0.15) is 12.4 Å². The highest BCUT2D eigenvalue weighted by Gasteiger charge is 2.07. The van der Waals surface area contributed by atoms with E-state index in [9.17, 15) is 0 Å². The van der Waals surface area contributed by atoms with Gasteiger partial charge in [0, 0.05) is 23.3 Å². The molecular weight excluding hydrogens is 264 g/mol. The highest BCUT2D eigenvalue weighted by Crippen LogP contribution is 2.25. The second-order valence-electron chi connectivity index (χ2n) is 3.92. The molecule has 1 aromatic carbocycles. The molecule has 0 aliphatic rings. The number of aromatic nitrogens is 1. The topological polar surface area (TPSA) is 57.4 Å². The first kappa shape index (κ1) is 13.6. The Labute approximate surface area is 117 Å². The molecule has 0 fully saturated rings. The van der Waals surface area contributed by atoms with Crippen LogP contribution in [0.1, 0.15) is 11.1 Å². The molecular formula is C14H15ClN2O2. The van der Waals surface area contributed by atoms with Crippen molar-refractivity contribution in [3.63, 3.8) is 0 Å². The molecule has 0 spiro atoms. The van der Waals surface area contributed by atoms with Crippen molar-refractivity contribution in [2.24, 2.45) is 5.73 Å². The molecule has 4 nitrogen and oxygen atoms in total. The van der Waals surface area contributed by atoms with Crippen LogP contribution in [0.25, 0.3) is 0 Å². The summed E-state index contributed by atoms with van der Waals surface area (Å²) in [6, 6.07) is 9.15. The number of hydrogen-bond acceptors (Lipinski definition) is 4. The van der Waals surface area contributed by atoms with Gasteiger partial charge in [-0.3, -0.25) is 0 Å². The lowest BCUT2D eigenvalue weighted by molar-refractivity contribution is 0.291. The zero-order valence-corrected chi connectivity index (χ0v) is 11.4. The number of methoxy groups -OCH3 is 1. The molecule has 0 atom stereocenters. The Balaban J connectivity index is 2.16. The third-order valence-corrected chi connectivity index (χ3v) is 2.91. The summed E-state index contributed by atoms with van der Waals surface area (Å²) < 4.78 is 10.9. The molecule has 0 bridgehead atoms. The Kier molecular flexibility index (Phi) is 4.60. The van der Waals surface area contributed by atoms with Gasteiger partial charge in [0.15, 0.2) is 0 Å². The molecule has 2 aromatic rings. The van der Waals surface area contributed by atoms with Crippen LogP contribution in [0.4, 0.5) is 0 Å². The molecule has 0 aliphatic heterocycles. The molecule has 2 rings (SSSR count). The number of hydrogen-bond donors (Lipinski definition) is 1. The lowest BCUT2D eigenvalue weighted by Crippen LogP contribution is -2.04. The van der Waals surface area contributed by atoms with Crippen molar-refractivity contribution in [2.75, 3.05) is 7.11 Å². The van der Waals surface area contributed by atoms with E-state index < -0.39 is 0 Å². The number of nitrogens with two attached hydrogens (primary N) is 1. The van der Waals surface area contributed by atoms with E-state index in [1.807, 2.05) is 18.2 Å². The largest absolute Gasteiger partial charge is 0.488 e. The summed E-state index contributed by atoms with van der Waals surface area (Å²) in [5.74, 6) is 1.24. The third kappa shape index (κ3) is 3.36. The maximum atomic E-state index is 5.96.